The van der Waals surface area contributed by atoms with E-state index < -0.39 is 0 Å². The molecule has 21 heavy (non-hydrogen) atoms. The largest absolute Gasteiger partial charge is 0.302 e. The monoisotopic (exact) mass is 339 g/mol. The summed E-state index contributed by atoms with van der Waals surface area (Å²) in [4.78, 5) is 2.71. The molecule has 2 aromatic heterocycles. The first kappa shape index (κ1) is 15.5. The molecule has 1 aliphatic carbocycles. The van der Waals surface area contributed by atoms with Gasteiger partial charge in [-0.25, -0.2) is 0 Å². The Balaban J connectivity index is 1.76. The molecule has 0 aromatic carbocycles. The van der Waals surface area contributed by atoms with Crippen molar-refractivity contribution in [2.75, 3.05) is 0 Å². The van der Waals surface area contributed by atoms with Crippen LogP contribution in [0.15, 0.2) is 29.6 Å². The van der Waals surface area contributed by atoms with Gasteiger partial charge in [0.25, 0.3) is 0 Å². The molecule has 3 rings (SSSR count). The number of halogens is 1. The van der Waals surface area contributed by atoms with E-state index in [0.717, 1.165) is 10.3 Å². The van der Waals surface area contributed by atoms with Crippen LogP contribution in [0, 0.1) is 5.92 Å². The van der Waals surface area contributed by atoms with Crippen LogP contribution < -0.4 is 5.32 Å². The van der Waals surface area contributed by atoms with Gasteiger partial charge in [0.05, 0.1) is 10.4 Å². The first-order chi connectivity index (χ1) is 10.2. The minimum atomic E-state index is 0.291. The van der Waals surface area contributed by atoms with E-state index in [1.165, 1.54) is 41.9 Å². The molecule has 1 unspecified atom stereocenters. The maximum absolute atomic E-state index is 6.15. The van der Waals surface area contributed by atoms with E-state index in [0.29, 0.717) is 12.1 Å². The molecule has 2 aromatic rings. The van der Waals surface area contributed by atoms with E-state index in [2.05, 4.69) is 35.8 Å². The van der Waals surface area contributed by atoms with Gasteiger partial charge in [-0.3, -0.25) is 0 Å². The van der Waals surface area contributed by atoms with Gasteiger partial charge in [0.15, 0.2) is 0 Å². The van der Waals surface area contributed by atoms with Crippen molar-refractivity contribution in [3.8, 4) is 0 Å². The fraction of sp³-hybridized carbons (Fsp3) is 0.529. The average Bonchev–Trinajstić information content (AvgIpc) is 3.17. The average molecular weight is 340 g/mol. The second-order valence-electron chi connectivity index (χ2n) is 5.94. The van der Waals surface area contributed by atoms with E-state index >= 15 is 0 Å². The molecule has 0 spiro atoms. The van der Waals surface area contributed by atoms with Crippen LogP contribution in [0.1, 0.15) is 54.8 Å². The maximum atomic E-state index is 6.15. The molecule has 0 amide bonds. The predicted molar refractivity (Wildman–Crippen MR) is 94.7 cm³/mol. The summed E-state index contributed by atoms with van der Waals surface area (Å²) in [5.41, 5.74) is 0. The summed E-state index contributed by atoms with van der Waals surface area (Å²) in [6, 6.07) is 9.38. The highest BCUT2D eigenvalue weighted by atomic mass is 35.5. The van der Waals surface area contributed by atoms with E-state index in [1.807, 2.05) is 17.4 Å². The summed E-state index contributed by atoms with van der Waals surface area (Å²) in [5.74, 6) is 0.816. The van der Waals surface area contributed by atoms with Gasteiger partial charge in [-0.1, -0.05) is 36.9 Å². The van der Waals surface area contributed by atoms with E-state index in [1.54, 1.807) is 11.3 Å². The highest BCUT2D eigenvalue weighted by Crippen LogP contribution is 2.35. The molecule has 1 N–H and O–H groups in total. The lowest BCUT2D eigenvalue weighted by Gasteiger charge is -2.31. The zero-order valence-corrected chi connectivity index (χ0v) is 14.7. The Kier molecular flexibility index (Phi) is 5.38. The standard InChI is InChI=1S/C17H22ClNS2/c1-12(13-6-3-2-4-7-13)19-17(14-8-5-11-20-14)15-9-10-16(18)21-15/h5,8-13,17,19H,2-4,6-7H2,1H3/t12-,17?/m0/s1. The Morgan fingerprint density at radius 2 is 1.95 bits per heavy atom. The van der Waals surface area contributed by atoms with Gasteiger partial charge in [-0.2, -0.15) is 0 Å². The summed E-state index contributed by atoms with van der Waals surface area (Å²) in [5, 5.41) is 6.04. The van der Waals surface area contributed by atoms with E-state index in [4.69, 9.17) is 11.6 Å². The van der Waals surface area contributed by atoms with Crippen molar-refractivity contribution in [1.82, 2.24) is 5.32 Å². The second kappa shape index (κ2) is 7.28. The van der Waals surface area contributed by atoms with Gasteiger partial charge in [-0.15, -0.1) is 22.7 Å². The molecule has 0 aliphatic heterocycles. The highest BCUT2D eigenvalue weighted by Gasteiger charge is 2.25. The quantitative estimate of drug-likeness (QED) is 0.692. The van der Waals surface area contributed by atoms with Crippen molar-refractivity contribution in [1.29, 1.82) is 0 Å². The van der Waals surface area contributed by atoms with Crippen molar-refractivity contribution >= 4 is 34.3 Å². The van der Waals surface area contributed by atoms with Gasteiger partial charge in [-0.05, 0) is 49.3 Å². The number of hydrogen-bond acceptors (Lipinski definition) is 3. The van der Waals surface area contributed by atoms with Gasteiger partial charge in [0.1, 0.15) is 0 Å². The number of hydrogen-bond donors (Lipinski definition) is 1. The SMILES string of the molecule is C[C@H](NC(c1cccs1)c1ccc(Cl)s1)C1CCCCC1. The van der Waals surface area contributed by atoms with Crippen molar-refractivity contribution in [2.24, 2.45) is 5.92 Å². The van der Waals surface area contributed by atoms with Gasteiger partial charge >= 0.3 is 0 Å². The van der Waals surface area contributed by atoms with Crippen LogP contribution in [0.5, 0.6) is 0 Å². The van der Waals surface area contributed by atoms with Crippen LogP contribution in [0.2, 0.25) is 4.34 Å². The summed E-state index contributed by atoms with van der Waals surface area (Å²) in [6.45, 7) is 2.35. The molecule has 0 saturated heterocycles. The predicted octanol–water partition coefficient (Wildman–Crippen LogP) is 6.11. The third-order valence-corrected chi connectivity index (χ3v) is 6.73. The van der Waals surface area contributed by atoms with Crippen LogP contribution in [0.3, 0.4) is 0 Å². The van der Waals surface area contributed by atoms with Crippen molar-refractivity contribution in [3.63, 3.8) is 0 Å². The molecule has 1 aliphatic rings. The Morgan fingerprint density at radius 3 is 2.57 bits per heavy atom. The molecule has 4 heteroatoms. The van der Waals surface area contributed by atoms with Crippen molar-refractivity contribution in [2.45, 2.75) is 51.1 Å². The lowest BCUT2D eigenvalue weighted by molar-refractivity contribution is 0.273. The lowest BCUT2D eigenvalue weighted by Crippen LogP contribution is -2.37. The number of thiophene rings is 2. The number of nitrogens with one attached hydrogen (secondary N) is 1. The molecular formula is C17H22ClNS2. The Morgan fingerprint density at radius 1 is 1.14 bits per heavy atom. The van der Waals surface area contributed by atoms with Gasteiger partial charge in [0.2, 0.25) is 0 Å². The third kappa shape index (κ3) is 3.89. The van der Waals surface area contributed by atoms with Crippen molar-refractivity contribution < 1.29 is 0 Å². The molecule has 1 nitrogen and oxygen atoms in total. The Bertz CT molecular complexity index is 543. The Labute approximate surface area is 140 Å². The summed E-state index contributed by atoms with van der Waals surface area (Å²) < 4.78 is 0.874. The van der Waals surface area contributed by atoms with Gasteiger partial charge < -0.3 is 5.32 Å². The Hall–Kier alpha value is -0.350. The topological polar surface area (TPSA) is 12.0 Å². The number of rotatable bonds is 5. The molecule has 1 fully saturated rings. The molecule has 0 bridgehead atoms. The first-order valence-electron chi connectivity index (χ1n) is 7.78. The fourth-order valence-corrected chi connectivity index (χ4v) is 5.29. The molecule has 2 heterocycles. The lowest BCUT2D eigenvalue weighted by atomic mass is 9.84. The summed E-state index contributed by atoms with van der Waals surface area (Å²) >= 11 is 9.66. The van der Waals surface area contributed by atoms with Crippen LogP contribution in [-0.2, 0) is 0 Å². The van der Waals surface area contributed by atoms with E-state index in [9.17, 15) is 0 Å². The van der Waals surface area contributed by atoms with Crippen LogP contribution >= 0.6 is 34.3 Å². The molecule has 2 atom stereocenters. The smallest absolute Gasteiger partial charge is 0.0931 e. The van der Waals surface area contributed by atoms with Crippen LogP contribution in [0.4, 0.5) is 0 Å². The summed E-state index contributed by atoms with van der Waals surface area (Å²) in [6.07, 6.45) is 6.95. The normalized spacial score (nSPS) is 19.5. The second-order valence-corrected chi connectivity index (χ2v) is 8.67. The summed E-state index contributed by atoms with van der Waals surface area (Å²) in [7, 11) is 0. The van der Waals surface area contributed by atoms with Crippen LogP contribution in [0.25, 0.3) is 0 Å². The van der Waals surface area contributed by atoms with Gasteiger partial charge in [0, 0.05) is 15.8 Å². The minimum absolute atomic E-state index is 0.291. The maximum Gasteiger partial charge on any atom is 0.0931 e. The third-order valence-electron chi connectivity index (χ3n) is 4.49. The fourth-order valence-electron chi connectivity index (χ4n) is 3.28. The zero-order valence-electron chi connectivity index (χ0n) is 12.3. The van der Waals surface area contributed by atoms with Crippen molar-refractivity contribution in [3.05, 3.63) is 43.7 Å². The molecule has 1 saturated carbocycles. The molecule has 114 valence electrons. The molecular weight excluding hydrogens is 318 g/mol. The molecule has 0 radical (unpaired) electrons. The first-order valence-corrected chi connectivity index (χ1v) is 9.86. The zero-order chi connectivity index (χ0) is 14.7. The van der Waals surface area contributed by atoms with E-state index in [-0.39, 0.29) is 0 Å². The minimum Gasteiger partial charge on any atom is -0.302 e. The highest BCUT2D eigenvalue weighted by molar-refractivity contribution is 7.16. The van der Waals surface area contributed by atoms with Crippen LogP contribution in [-0.4, -0.2) is 6.04 Å².